The third kappa shape index (κ3) is 3.19. The third-order valence-corrected chi connectivity index (χ3v) is 4.81. The van der Waals surface area contributed by atoms with Crippen LogP contribution >= 0.6 is 0 Å². The van der Waals surface area contributed by atoms with Crippen LogP contribution in [-0.2, 0) is 9.59 Å². The van der Waals surface area contributed by atoms with Crippen LogP contribution in [0.1, 0.15) is 52.9 Å². The molecule has 0 radical (unpaired) electrons. The summed E-state index contributed by atoms with van der Waals surface area (Å²) in [7, 11) is 0. The summed E-state index contributed by atoms with van der Waals surface area (Å²) >= 11 is 0. The van der Waals surface area contributed by atoms with E-state index in [-0.39, 0.29) is 24.4 Å². The maximum atomic E-state index is 12.2. The zero-order chi connectivity index (χ0) is 15.6. The molecule has 0 aromatic rings. The van der Waals surface area contributed by atoms with Gasteiger partial charge in [-0.3, -0.25) is 14.5 Å². The van der Waals surface area contributed by atoms with Gasteiger partial charge in [-0.05, 0) is 32.1 Å². The van der Waals surface area contributed by atoms with Gasteiger partial charge in [-0.2, -0.15) is 0 Å². The number of rotatable bonds is 4. The van der Waals surface area contributed by atoms with Gasteiger partial charge in [0.1, 0.15) is 12.1 Å². The molecule has 0 aromatic carbocycles. The van der Waals surface area contributed by atoms with Crippen LogP contribution in [0.5, 0.6) is 0 Å². The number of nitrogens with one attached hydrogen (secondary N) is 2. The summed E-state index contributed by atoms with van der Waals surface area (Å²) in [4.78, 5) is 37.2. The highest BCUT2D eigenvalue weighted by Gasteiger charge is 2.47. The number of urea groups is 1. The van der Waals surface area contributed by atoms with E-state index in [0.717, 1.165) is 24.2 Å². The molecule has 0 spiro atoms. The normalized spacial score (nSPS) is 33.0. The van der Waals surface area contributed by atoms with Crippen LogP contribution in [0.15, 0.2) is 0 Å². The highest BCUT2D eigenvalue weighted by atomic mass is 16.2. The number of hydrogen-bond donors (Lipinski definition) is 2. The van der Waals surface area contributed by atoms with Gasteiger partial charge in [0.25, 0.3) is 5.91 Å². The fourth-order valence-corrected chi connectivity index (χ4v) is 3.06. The molecule has 4 amide bonds. The molecule has 0 unspecified atom stereocenters. The Morgan fingerprint density at radius 1 is 1.38 bits per heavy atom. The van der Waals surface area contributed by atoms with Crippen molar-refractivity contribution in [3.05, 3.63) is 0 Å². The first-order chi connectivity index (χ1) is 9.87. The Bertz CT molecular complexity index is 451. The van der Waals surface area contributed by atoms with E-state index in [1.165, 1.54) is 6.42 Å². The second-order valence-electron chi connectivity index (χ2n) is 6.44. The fourth-order valence-electron chi connectivity index (χ4n) is 3.06. The molecule has 3 atom stereocenters. The molecular formula is C15H25N3O3. The van der Waals surface area contributed by atoms with Gasteiger partial charge in [0.2, 0.25) is 5.91 Å². The van der Waals surface area contributed by atoms with Crippen molar-refractivity contribution in [1.82, 2.24) is 15.5 Å². The molecule has 2 rings (SSSR count). The largest absolute Gasteiger partial charge is 0.352 e. The Hall–Kier alpha value is -1.59. The predicted molar refractivity (Wildman–Crippen MR) is 78.5 cm³/mol. The molecule has 2 N–H and O–H groups in total. The maximum absolute atomic E-state index is 12.2. The molecule has 2 aliphatic rings. The number of hydrogen-bond acceptors (Lipinski definition) is 3. The summed E-state index contributed by atoms with van der Waals surface area (Å²) in [6.45, 7) is 5.47. The van der Waals surface area contributed by atoms with E-state index in [1.807, 2.05) is 6.92 Å². The molecule has 1 saturated carbocycles. The quantitative estimate of drug-likeness (QED) is 0.770. The second kappa shape index (κ2) is 6.03. The molecule has 0 aromatic heterocycles. The SMILES string of the molecule is CC[C@@]1(C)NC(=O)N(CC(=O)N[C@H]2CCCC[C@@H]2C)C1=O. The molecule has 118 valence electrons. The predicted octanol–water partition coefficient (Wildman–Crippen LogP) is 1.40. The van der Waals surface area contributed by atoms with E-state index >= 15 is 0 Å². The minimum Gasteiger partial charge on any atom is -0.352 e. The molecule has 6 nitrogen and oxygen atoms in total. The van der Waals surface area contributed by atoms with Crippen LogP contribution < -0.4 is 10.6 Å². The van der Waals surface area contributed by atoms with Crippen LogP contribution in [0.25, 0.3) is 0 Å². The van der Waals surface area contributed by atoms with E-state index in [2.05, 4.69) is 17.6 Å². The highest BCUT2D eigenvalue weighted by molar-refractivity contribution is 6.08. The number of amides is 4. The van der Waals surface area contributed by atoms with E-state index in [0.29, 0.717) is 12.3 Å². The van der Waals surface area contributed by atoms with E-state index in [1.54, 1.807) is 6.92 Å². The lowest BCUT2D eigenvalue weighted by Gasteiger charge is -2.30. The van der Waals surface area contributed by atoms with Crippen molar-refractivity contribution < 1.29 is 14.4 Å². The van der Waals surface area contributed by atoms with Crippen LogP contribution in [-0.4, -0.2) is 40.9 Å². The lowest BCUT2D eigenvalue weighted by molar-refractivity contribution is -0.135. The van der Waals surface area contributed by atoms with Crippen LogP contribution in [0, 0.1) is 5.92 Å². The average molecular weight is 295 g/mol. The second-order valence-corrected chi connectivity index (χ2v) is 6.44. The van der Waals surface area contributed by atoms with E-state index in [9.17, 15) is 14.4 Å². The minimum atomic E-state index is -0.879. The maximum Gasteiger partial charge on any atom is 0.325 e. The van der Waals surface area contributed by atoms with Gasteiger partial charge >= 0.3 is 6.03 Å². The molecule has 1 aliphatic carbocycles. The standard InChI is InChI=1S/C15H25N3O3/c1-4-15(3)13(20)18(14(21)17-15)9-12(19)16-11-8-6-5-7-10(11)2/h10-11H,4-9H2,1-3H3,(H,16,19)(H,17,21)/t10-,11-,15+/m0/s1. The Balaban J connectivity index is 1.93. The molecule has 1 saturated heterocycles. The van der Waals surface area contributed by atoms with Gasteiger partial charge in [-0.25, -0.2) is 4.79 Å². The molecule has 1 heterocycles. The van der Waals surface area contributed by atoms with Crippen molar-refractivity contribution in [2.45, 2.75) is 64.5 Å². The summed E-state index contributed by atoms with van der Waals surface area (Å²) in [6, 6.07) is -0.319. The van der Waals surface area contributed by atoms with Crippen molar-refractivity contribution >= 4 is 17.8 Å². The summed E-state index contributed by atoms with van der Waals surface area (Å²) in [5, 5.41) is 5.62. The Morgan fingerprint density at radius 3 is 2.62 bits per heavy atom. The van der Waals surface area contributed by atoms with Crippen molar-refractivity contribution in [1.29, 1.82) is 0 Å². The van der Waals surface area contributed by atoms with Crippen molar-refractivity contribution in [2.24, 2.45) is 5.92 Å². The van der Waals surface area contributed by atoms with Gasteiger partial charge in [0, 0.05) is 6.04 Å². The Morgan fingerprint density at radius 2 is 2.05 bits per heavy atom. The first-order valence-electron chi connectivity index (χ1n) is 7.81. The highest BCUT2D eigenvalue weighted by Crippen LogP contribution is 2.24. The van der Waals surface area contributed by atoms with Crippen LogP contribution in [0.4, 0.5) is 4.79 Å². The zero-order valence-electron chi connectivity index (χ0n) is 13.1. The van der Waals surface area contributed by atoms with E-state index in [4.69, 9.17) is 0 Å². The topological polar surface area (TPSA) is 78.5 Å². The van der Waals surface area contributed by atoms with E-state index < -0.39 is 11.6 Å². The molecular weight excluding hydrogens is 270 g/mol. The van der Waals surface area contributed by atoms with Gasteiger partial charge < -0.3 is 10.6 Å². The van der Waals surface area contributed by atoms with Crippen LogP contribution in [0.2, 0.25) is 0 Å². The first kappa shape index (κ1) is 15.8. The monoisotopic (exact) mass is 295 g/mol. The fraction of sp³-hybridized carbons (Fsp3) is 0.800. The molecule has 21 heavy (non-hydrogen) atoms. The van der Waals surface area contributed by atoms with Gasteiger partial charge in [0.05, 0.1) is 0 Å². The molecule has 6 heteroatoms. The van der Waals surface area contributed by atoms with Crippen molar-refractivity contribution in [3.63, 3.8) is 0 Å². The summed E-state index contributed by atoms with van der Waals surface area (Å²) in [6.07, 6.45) is 4.92. The van der Waals surface area contributed by atoms with Gasteiger partial charge in [-0.1, -0.05) is 26.7 Å². The third-order valence-electron chi connectivity index (χ3n) is 4.81. The Labute approximate surface area is 125 Å². The zero-order valence-corrected chi connectivity index (χ0v) is 13.1. The number of imide groups is 1. The van der Waals surface area contributed by atoms with Crippen molar-refractivity contribution in [2.75, 3.05) is 6.54 Å². The lowest BCUT2D eigenvalue weighted by atomic mass is 9.86. The first-order valence-corrected chi connectivity index (χ1v) is 7.81. The molecule has 1 aliphatic heterocycles. The summed E-state index contributed by atoms with van der Waals surface area (Å²) in [5.41, 5.74) is -0.879. The molecule has 2 fully saturated rings. The molecule has 0 bridgehead atoms. The average Bonchev–Trinajstić information content (AvgIpc) is 2.66. The smallest absolute Gasteiger partial charge is 0.325 e. The number of nitrogens with zero attached hydrogens (tertiary/aromatic N) is 1. The van der Waals surface area contributed by atoms with Gasteiger partial charge in [-0.15, -0.1) is 0 Å². The van der Waals surface area contributed by atoms with Gasteiger partial charge in [0.15, 0.2) is 0 Å². The number of carbonyl (C=O) groups is 3. The van der Waals surface area contributed by atoms with Crippen LogP contribution in [0.3, 0.4) is 0 Å². The van der Waals surface area contributed by atoms with Crippen molar-refractivity contribution in [3.8, 4) is 0 Å². The Kier molecular flexibility index (Phi) is 4.54. The number of carbonyl (C=O) groups excluding carboxylic acids is 3. The summed E-state index contributed by atoms with van der Waals surface area (Å²) in [5.74, 6) is -0.119. The minimum absolute atomic E-state index is 0.157. The lowest BCUT2D eigenvalue weighted by Crippen LogP contribution is -2.48. The summed E-state index contributed by atoms with van der Waals surface area (Å²) < 4.78 is 0.